The van der Waals surface area contributed by atoms with Gasteiger partial charge in [0, 0.05) is 27.9 Å². The van der Waals surface area contributed by atoms with E-state index >= 15 is 0 Å². The van der Waals surface area contributed by atoms with Crippen LogP contribution in [0.4, 0.5) is 5.69 Å². The van der Waals surface area contributed by atoms with Crippen LogP contribution in [0.15, 0.2) is 81.6 Å². The molecule has 36 heavy (non-hydrogen) atoms. The average molecular weight is 538 g/mol. The number of anilines is 1. The van der Waals surface area contributed by atoms with Gasteiger partial charge in [0.1, 0.15) is 17.0 Å². The fourth-order valence-electron chi connectivity index (χ4n) is 3.47. The van der Waals surface area contributed by atoms with E-state index in [1.165, 1.54) is 0 Å². The molecule has 0 saturated carbocycles. The molecular weight excluding hydrogens is 521 g/mol. The summed E-state index contributed by atoms with van der Waals surface area (Å²) < 4.78 is 16.7. The van der Waals surface area contributed by atoms with Gasteiger partial charge in [-0.05, 0) is 78.9 Å². The second-order valence-electron chi connectivity index (χ2n) is 7.63. The van der Waals surface area contributed by atoms with E-state index in [9.17, 15) is 4.79 Å². The Balaban J connectivity index is 1.23. The van der Waals surface area contributed by atoms with Crippen molar-refractivity contribution < 1.29 is 18.4 Å². The van der Waals surface area contributed by atoms with Crippen LogP contribution in [0, 0.1) is 0 Å². The molecule has 0 bridgehead atoms. The summed E-state index contributed by atoms with van der Waals surface area (Å²) in [6.45, 7) is 0. The number of methoxy groups -OCH3 is 1. The Morgan fingerprint density at radius 1 is 0.972 bits per heavy atom. The molecule has 2 N–H and O–H groups in total. The Kier molecular flexibility index (Phi) is 6.65. The highest BCUT2D eigenvalue weighted by Gasteiger charge is 2.16. The summed E-state index contributed by atoms with van der Waals surface area (Å²) in [5.74, 6) is 1.21. The minimum absolute atomic E-state index is 0.0862. The molecule has 0 atom stereocenters. The highest BCUT2D eigenvalue weighted by atomic mass is 35.5. The number of carbonyl (C=O) groups excluding carboxylic acids is 1. The summed E-state index contributed by atoms with van der Waals surface area (Å²) in [4.78, 5) is 17.1. The molecule has 0 aliphatic rings. The van der Waals surface area contributed by atoms with Gasteiger partial charge in [-0.2, -0.15) is 0 Å². The molecule has 5 aromatic rings. The highest BCUT2D eigenvalue weighted by Crippen LogP contribution is 2.32. The second-order valence-corrected chi connectivity index (χ2v) is 8.88. The zero-order valence-electron chi connectivity index (χ0n) is 18.7. The smallest absolute Gasteiger partial charge is 0.293 e. The predicted molar refractivity (Wildman–Crippen MR) is 144 cm³/mol. The third-order valence-electron chi connectivity index (χ3n) is 5.24. The molecule has 0 spiro atoms. The van der Waals surface area contributed by atoms with E-state index in [0.717, 1.165) is 5.56 Å². The van der Waals surface area contributed by atoms with Crippen molar-refractivity contribution in [3.63, 3.8) is 0 Å². The SMILES string of the molecule is COc1ccc2oc(-c3ccc(NC(=S)NC(=O)c4ccc(-c5ccc(Cl)cc5Cl)o4)cc3)nc2c1. The number of nitrogens with zero attached hydrogens (tertiary/aromatic N) is 1. The maximum absolute atomic E-state index is 12.6. The minimum Gasteiger partial charge on any atom is -0.497 e. The van der Waals surface area contributed by atoms with E-state index in [4.69, 9.17) is 49.0 Å². The number of hydrogen-bond donors (Lipinski definition) is 2. The third kappa shape index (κ3) is 5.06. The summed E-state index contributed by atoms with van der Waals surface area (Å²) >= 11 is 17.4. The largest absolute Gasteiger partial charge is 0.497 e. The van der Waals surface area contributed by atoms with Crippen LogP contribution in [-0.2, 0) is 0 Å². The Hall–Kier alpha value is -3.85. The molecule has 0 radical (unpaired) electrons. The van der Waals surface area contributed by atoms with Crippen LogP contribution >= 0.6 is 35.4 Å². The molecular formula is C26H17Cl2N3O4S. The number of fused-ring (bicyclic) bond motifs is 1. The van der Waals surface area contributed by atoms with Gasteiger partial charge in [-0.3, -0.25) is 10.1 Å². The lowest BCUT2D eigenvalue weighted by molar-refractivity contribution is 0.0951. The van der Waals surface area contributed by atoms with Crippen molar-refractivity contribution >= 4 is 63.2 Å². The number of amides is 1. The molecule has 0 fully saturated rings. The first kappa shape index (κ1) is 23.9. The number of oxazole rings is 1. The molecule has 0 unspecified atom stereocenters. The number of rotatable bonds is 5. The zero-order valence-corrected chi connectivity index (χ0v) is 21.0. The fourth-order valence-corrected chi connectivity index (χ4v) is 4.19. The number of nitrogens with one attached hydrogen (secondary N) is 2. The normalized spacial score (nSPS) is 10.9. The van der Waals surface area contributed by atoms with Crippen LogP contribution in [0.25, 0.3) is 33.9 Å². The Bertz CT molecular complexity index is 1590. The van der Waals surface area contributed by atoms with Crippen molar-refractivity contribution in [3.8, 4) is 28.5 Å². The average Bonchev–Trinajstić information content (AvgIpc) is 3.51. The third-order valence-corrected chi connectivity index (χ3v) is 5.99. The molecule has 0 saturated heterocycles. The fraction of sp³-hybridized carbons (Fsp3) is 0.0385. The Labute approximate surface area is 221 Å². The first-order valence-electron chi connectivity index (χ1n) is 10.6. The van der Waals surface area contributed by atoms with E-state index in [1.54, 1.807) is 49.6 Å². The van der Waals surface area contributed by atoms with E-state index in [2.05, 4.69) is 15.6 Å². The maximum Gasteiger partial charge on any atom is 0.293 e. The number of aromatic nitrogens is 1. The van der Waals surface area contributed by atoms with Crippen LogP contribution in [0.3, 0.4) is 0 Å². The standard InChI is InChI=1S/C26H17Cl2N3O4S/c1-33-17-7-9-22-20(13-17)30-25(35-22)14-2-5-16(6-3-14)29-26(36)31-24(32)23-11-10-21(34-23)18-8-4-15(27)12-19(18)28/h2-13H,1H3,(H2,29,31,32,36). The lowest BCUT2D eigenvalue weighted by Crippen LogP contribution is -2.33. The number of thiocarbonyl (C=S) groups is 1. The molecule has 180 valence electrons. The van der Waals surface area contributed by atoms with Gasteiger partial charge in [-0.1, -0.05) is 23.2 Å². The minimum atomic E-state index is -0.498. The monoisotopic (exact) mass is 537 g/mol. The number of furan rings is 1. The van der Waals surface area contributed by atoms with E-state index < -0.39 is 5.91 Å². The number of carbonyl (C=O) groups is 1. The van der Waals surface area contributed by atoms with Gasteiger partial charge in [0.05, 0.1) is 12.1 Å². The van der Waals surface area contributed by atoms with E-state index in [1.807, 2.05) is 30.3 Å². The van der Waals surface area contributed by atoms with Gasteiger partial charge < -0.3 is 18.9 Å². The number of benzene rings is 3. The van der Waals surface area contributed by atoms with Gasteiger partial charge >= 0.3 is 0 Å². The number of halogens is 2. The van der Waals surface area contributed by atoms with Crippen molar-refractivity contribution in [2.75, 3.05) is 12.4 Å². The Morgan fingerprint density at radius 2 is 1.78 bits per heavy atom. The van der Waals surface area contributed by atoms with Gasteiger partial charge in [0.25, 0.3) is 5.91 Å². The summed E-state index contributed by atoms with van der Waals surface area (Å²) in [6.07, 6.45) is 0. The second kappa shape index (κ2) is 10.0. The van der Waals surface area contributed by atoms with Crippen LogP contribution in [0.5, 0.6) is 5.75 Å². The van der Waals surface area contributed by atoms with E-state index in [0.29, 0.717) is 49.8 Å². The lowest BCUT2D eigenvalue weighted by Gasteiger charge is -2.09. The lowest BCUT2D eigenvalue weighted by atomic mass is 10.2. The first-order chi connectivity index (χ1) is 17.4. The summed E-state index contributed by atoms with van der Waals surface area (Å²) in [5, 5.41) is 6.61. The van der Waals surface area contributed by atoms with Crippen molar-refractivity contribution in [2.24, 2.45) is 0 Å². The van der Waals surface area contributed by atoms with Crippen LogP contribution in [0.1, 0.15) is 10.6 Å². The van der Waals surface area contributed by atoms with Gasteiger partial charge in [-0.15, -0.1) is 0 Å². The van der Waals surface area contributed by atoms with Crippen LogP contribution < -0.4 is 15.4 Å². The van der Waals surface area contributed by atoms with E-state index in [-0.39, 0.29) is 10.9 Å². The quantitative estimate of drug-likeness (QED) is 0.229. The molecule has 1 amide bonds. The van der Waals surface area contributed by atoms with Crippen molar-refractivity contribution in [2.45, 2.75) is 0 Å². The summed E-state index contributed by atoms with van der Waals surface area (Å²) in [5.41, 5.74) is 3.45. The highest BCUT2D eigenvalue weighted by molar-refractivity contribution is 7.80. The maximum atomic E-state index is 12.6. The van der Waals surface area contributed by atoms with Gasteiger partial charge in [-0.25, -0.2) is 4.98 Å². The zero-order chi connectivity index (χ0) is 25.2. The van der Waals surface area contributed by atoms with Crippen LogP contribution in [-0.4, -0.2) is 23.1 Å². The molecule has 10 heteroatoms. The Morgan fingerprint density at radius 3 is 2.53 bits per heavy atom. The van der Waals surface area contributed by atoms with Crippen LogP contribution in [0.2, 0.25) is 10.0 Å². The van der Waals surface area contributed by atoms with Crippen molar-refractivity contribution in [1.82, 2.24) is 10.3 Å². The molecule has 3 aromatic carbocycles. The molecule has 2 aromatic heterocycles. The number of hydrogen-bond acceptors (Lipinski definition) is 6. The van der Waals surface area contributed by atoms with Gasteiger partial charge in [0.2, 0.25) is 5.89 Å². The van der Waals surface area contributed by atoms with Crippen molar-refractivity contribution in [3.05, 3.63) is 88.6 Å². The summed E-state index contributed by atoms with van der Waals surface area (Å²) in [7, 11) is 1.60. The summed E-state index contributed by atoms with van der Waals surface area (Å²) in [6, 6.07) is 20.9. The van der Waals surface area contributed by atoms with Gasteiger partial charge in [0.15, 0.2) is 16.5 Å². The van der Waals surface area contributed by atoms with Crippen molar-refractivity contribution in [1.29, 1.82) is 0 Å². The first-order valence-corrected chi connectivity index (χ1v) is 11.8. The molecule has 5 rings (SSSR count). The molecule has 2 heterocycles. The topological polar surface area (TPSA) is 89.5 Å². The number of ether oxygens (including phenoxy) is 1. The molecule has 0 aliphatic heterocycles. The molecule has 0 aliphatic carbocycles. The molecule has 7 nitrogen and oxygen atoms in total. The predicted octanol–water partition coefficient (Wildman–Crippen LogP) is 7.20.